The first-order chi connectivity index (χ1) is 8.04. The first kappa shape index (κ1) is 11.6. The number of aliphatic imine (C=N–C) groups is 1. The van der Waals surface area contributed by atoms with E-state index in [1.807, 2.05) is 0 Å². The minimum atomic E-state index is -1.96. The third-order valence-corrected chi connectivity index (χ3v) is 2.62. The Kier molecular flexibility index (Phi) is 2.83. The summed E-state index contributed by atoms with van der Waals surface area (Å²) in [6.07, 6.45) is 2.87. The van der Waals surface area contributed by atoms with Gasteiger partial charge in [-0.3, -0.25) is 10.7 Å². The standard InChI is InChI=1S/C10H9ClN4O2/c11-7-5-14-8(6-3-1-2-4-13-6)15-10(7,12)9(16)17/h1-5H,12H2,(H,14,15)(H,16,17). The van der Waals surface area contributed by atoms with E-state index in [0.717, 1.165) is 0 Å². The van der Waals surface area contributed by atoms with Crippen LogP contribution < -0.4 is 11.1 Å². The molecule has 0 fully saturated rings. The van der Waals surface area contributed by atoms with Gasteiger partial charge in [0.2, 0.25) is 5.66 Å². The van der Waals surface area contributed by atoms with Crippen LogP contribution in [0.4, 0.5) is 0 Å². The van der Waals surface area contributed by atoms with Crippen molar-refractivity contribution in [3.63, 3.8) is 0 Å². The Bertz CT molecular complexity index is 514. The summed E-state index contributed by atoms with van der Waals surface area (Å²) in [5.74, 6) is -1.06. The topological polar surface area (TPSA) is 101 Å². The van der Waals surface area contributed by atoms with Crippen molar-refractivity contribution in [2.45, 2.75) is 5.66 Å². The average Bonchev–Trinajstić information content (AvgIpc) is 2.33. The van der Waals surface area contributed by atoms with Crippen LogP contribution in [0, 0.1) is 0 Å². The van der Waals surface area contributed by atoms with Gasteiger partial charge in [-0.05, 0) is 12.1 Å². The lowest BCUT2D eigenvalue weighted by atomic mass is 10.1. The number of carboxylic acid groups (broad SMARTS) is 1. The van der Waals surface area contributed by atoms with Crippen LogP contribution in [0.5, 0.6) is 0 Å². The normalized spacial score (nSPS) is 23.4. The van der Waals surface area contributed by atoms with Crippen molar-refractivity contribution in [3.8, 4) is 0 Å². The molecule has 2 heterocycles. The Morgan fingerprint density at radius 1 is 1.53 bits per heavy atom. The lowest BCUT2D eigenvalue weighted by molar-refractivity contribution is -0.141. The highest BCUT2D eigenvalue weighted by atomic mass is 35.5. The summed E-state index contributed by atoms with van der Waals surface area (Å²) < 4.78 is 0. The van der Waals surface area contributed by atoms with Crippen molar-refractivity contribution < 1.29 is 9.90 Å². The van der Waals surface area contributed by atoms with Gasteiger partial charge in [0.1, 0.15) is 5.69 Å². The maximum atomic E-state index is 11.1. The van der Waals surface area contributed by atoms with E-state index in [-0.39, 0.29) is 10.9 Å². The zero-order valence-electron chi connectivity index (χ0n) is 8.59. The van der Waals surface area contributed by atoms with Crippen molar-refractivity contribution in [2.24, 2.45) is 10.7 Å². The van der Waals surface area contributed by atoms with Crippen LogP contribution in [0.25, 0.3) is 0 Å². The molecule has 7 heteroatoms. The molecule has 88 valence electrons. The largest absolute Gasteiger partial charge is 0.478 e. The number of nitrogens with zero attached hydrogens (tertiary/aromatic N) is 2. The minimum Gasteiger partial charge on any atom is -0.478 e. The predicted octanol–water partition coefficient (Wildman–Crippen LogP) is 0.251. The molecule has 0 amide bonds. The first-order valence-electron chi connectivity index (χ1n) is 4.70. The second-order valence-corrected chi connectivity index (χ2v) is 3.79. The number of rotatable bonds is 2. The number of hydrogen-bond acceptors (Lipinski definition) is 5. The lowest BCUT2D eigenvalue weighted by Crippen LogP contribution is -2.51. The molecule has 0 spiro atoms. The van der Waals surface area contributed by atoms with Crippen molar-refractivity contribution in [1.82, 2.24) is 10.3 Å². The summed E-state index contributed by atoms with van der Waals surface area (Å²) in [5.41, 5.74) is 4.15. The molecule has 0 aliphatic carbocycles. The fourth-order valence-corrected chi connectivity index (χ4v) is 1.47. The molecule has 1 atom stereocenters. The summed E-state index contributed by atoms with van der Waals surface area (Å²) in [6.45, 7) is 0. The van der Waals surface area contributed by atoms with Crippen molar-refractivity contribution in [2.75, 3.05) is 0 Å². The SMILES string of the molecule is NC1(C(=O)O)N=C(c2ccccn2)NC=C1Cl. The Morgan fingerprint density at radius 3 is 2.88 bits per heavy atom. The molecule has 0 saturated carbocycles. The van der Waals surface area contributed by atoms with E-state index in [2.05, 4.69) is 15.3 Å². The van der Waals surface area contributed by atoms with Gasteiger partial charge in [0.15, 0.2) is 5.84 Å². The highest BCUT2D eigenvalue weighted by Gasteiger charge is 2.40. The molecule has 1 aliphatic rings. The van der Waals surface area contributed by atoms with E-state index in [9.17, 15) is 4.79 Å². The van der Waals surface area contributed by atoms with Gasteiger partial charge >= 0.3 is 5.97 Å². The minimum absolute atomic E-state index is 0.0929. The highest BCUT2D eigenvalue weighted by Crippen LogP contribution is 2.23. The maximum Gasteiger partial charge on any atom is 0.352 e. The maximum absolute atomic E-state index is 11.1. The van der Waals surface area contributed by atoms with Crippen molar-refractivity contribution in [1.29, 1.82) is 0 Å². The van der Waals surface area contributed by atoms with Gasteiger partial charge in [-0.1, -0.05) is 17.7 Å². The van der Waals surface area contributed by atoms with Crippen LogP contribution in [0.3, 0.4) is 0 Å². The number of nitrogens with two attached hydrogens (primary N) is 1. The summed E-state index contributed by atoms with van der Waals surface area (Å²) >= 11 is 5.74. The quantitative estimate of drug-likeness (QED) is 0.701. The van der Waals surface area contributed by atoms with E-state index in [4.69, 9.17) is 22.4 Å². The molecule has 6 nitrogen and oxygen atoms in total. The van der Waals surface area contributed by atoms with Crippen molar-refractivity contribution >= 4 is 23.4 Å². The van der Waals surface area contributed by atoms with Crippen molar-refractivity contribution in [3.05, 3.63) is 41.3 Å². The molecule has 17 heavy (non-hydrogen) atoms. The van der Waals surface area contributed by atoms with Gasteiger partial charge in [0, 0.05) is 12.4 Å². The highest BCUT2D eigenvalue weighted by molar-refractivity contribution is 6.33. The van der Waals surface area contributed by atoms with Gasteiger partial charge in [-0.15, -0.1) is 0 Å². The smallest absolute Gasteiger partial charge is 0.352 e. The number of nitrogens with one attached hydrogen (secondary N) is 1. The molecule has 1 aliphatic heterocycles. The number of carbonyl (C=O) groups is 1. The lowest BCUT2D eigenvalue weighted by Gasteiger charge is -2.25. The third kappa shape index (κ3) is 2.00. The molecule has 2 rings (SSSR count). The van der Waals surface area contributed by atoms with E-state index < -0.39 is 11.6 Å². The van der Waals surface area contributed by atoms with E-state index in [1.165, 1.54) is 6.20 Å². The van der Waals surface area contributed by atoms with Gasteiger partial charge < -0.3 is 10.4 Å². The van der Waals surface area contributed by atoms with Crippen LogP contribution in [0.1, 0.15) is 5.69 Å². The second kappa shape index (κ2) is 4.15. The van der Waals surface area contributed by atoms with Crippen LogP contribution in [0.15, 0.2) is 40.6 Å². The van der Waals surface area contributed by atoms with Gasteiger partial charge in [0.25, 0.3) is 0 Å². The molecule has 0 saturated heterocycles. The van der Waals surface area contributed by atoms with Crippen LogP contribution in [-0.2, 0) is 4.79 Å². The molecule has 1 aromatic rings. The summed E-state index contributed by atoms with van der Waals surface area (Å²) in [7, 11) is 0. The van der Waals surface area contributed by atoms with E-state index in [0.29, 0.717) is 5.69 Å². The Morgan fingerprint density at radius 2 is 2.29 bits per heavy atom. The van der Waals surface area contributed by atoms with Crippen LogP contribution in [0.2, 0.25) is 0 Å². The number of pyridine rings is 1. The summed E-state index contributed by atoms with van der Waals surface area (Å²) in [5, 5.41) is 11.7. The molecule has 0 aromatic carbocycles. The zero-order valence-corrected chi connectivity index (χ0v) is 9.35. The molecule has 4 N–H and O–H groups in total. The Labute approximate surface area is 102 Å². The number of amidine groups is 1. The molecule has 1 unspecified atom stereocenters. The number of hydrogen-bond donors (Lipinski definition) is 3. The summed E-state index contributed by atoms with van der Waals surface area (Å²) in [4.78, 5) is 19.0. The fraction of sp³-hybridized carbons (Fsp3) is 0.100. The van der Waals surface area contributed by atoms with Crippen LogP contribution in [-0.4, -0.2) is 27.6 Å². The molecule has 0 bridgehead atoms. The monoisotopic (exact) mass is 252 g/mol. The second-order valence-electron chi connectivity index (χ2n) is 3.38. The molecule has 1 aromatic heterocycles. The molecular formula is C10H9ClN4O2. The first-order valence-corrected chi connectivity index (χ1v) is 5.08. The molecule has 0 radical (unpaired) electrons. The number of aromatic nitrogens is 1. The van der Waals surface area contributed by atoms with Gasteiger partial charge in [-0.2, -0.15) is 0 Å². The third-order valence-electron chi connectivity index (χ3n) is 2.22. The van der Waals surface area contributed by atoms with E-state index >= 15 is 0 Å². The number of aliphatic carboxylic acids is 1. The zero-order chi connectivity index (χ0) is 12.5. The Balaban J connectivity index is 2.43. The van der Waals surface area contributed by atoms with Gasteiger partial charge in [0.05, 0.1) is 5.03 Å². The average molecular weight is 253 g/mol. The number of carboxylic acids is 1. The summed E-state index contributed by atoms with van der Waals surface area (Å²) in [6, 6.07) is 5.18. The number of halogens is 1. The fourth-order valence-electron chi connectivity index (χ4n) is 1.29. The predicted molar refractivity (Wildman–Crippen MR) is 62.4 cm³/mol. The Hall–Kier alpha value is -1.92. The van der Waals surface area contributed by atoms with Gasteiger partial charge in [-0.25, -0.2) is 9.79 Å². The van der Waals surface area contributed by atoms with Crippen LogP contribution >= 0.6 is 11.6 Å². The molecular weight excluding hydrogens is 244 g/mol. The van der Waals surface area contributed by atoms with E-state index in [1.54, 1.807) is 24.4 Å².